The van der Waals surface area contributed by atoms with Crippen LogP contribution in [0.25, 0.3) is 0 Å². The molecule has 1 rings (SSSR count). The van der Waals surface area contributed by atoms with Crippen LogP contribution in [0.4, 0.5) is 0 Å². The second kappa shape index (κ2) is 4.44. The second-order valence-corrected chi connectivity index (χ2v) is 3.50. The van der Waals surface area contributed by atoms with E-state index in [-0.39, 0.29) is 12.1 Å². The predicted octanol–water partition coefficient (Wildman–Crippen LogP) is 1.62. The molecule has 0 fully saturated rings. The van der Waals surface area contributed by atoms with Crippen LogP contribution in [0.3, 0.4) is 0 Å². The Hall–Kier alpha value is -0.800. The van der Waals surface area contributed by atoms with E-state index in [0.717, 1.165) is 12.2 Å². The van der Waals surface area contributed by atoms with Gasteiger partial charge >= 0.3 is 0 Å². The zero-order valence-corrected chi connectivity index (χ0v) is 8.53. The molecule has 0 aliphatic carbocycles. The molecule has 0 amide bonds. The molecule has 0 saturated heterocycles. The molecule has 0 aromatic carbocycles. The van der Waals surface area contributed by atoms with Crippen molar-refractivity contribution in [1.29, 1.82) is 0 Å². The molecule has 1 heterocycles. The van der Waals surface area contributed by atoms with Gasteiger partial charge in [-0.3, -0.25) is 4.90 Å². The highest BCUT2D eigenvalue weighted by atomic mass is 16.3. The minimum absolute atomic E-state index is 0.126. The van der Waals surface area contributed by atoms with Gasteiger partial charge < -0.3 is 10.2 Å². The normalized spacial score (nSPS) is 16.1. The summed E-state index contributed by atoms with van der Waals surface area (Å²) in [6, 6.07) is 4.18. The highest BCUT2D eigenvalue weighted by Gasteiger charge is 2.22. The van der Waals surface area contributed by atoms with E-state index in [2.05, 4.69) is 11.8 Å². The van der Waals surface area contributed by atoms with Crippen molar-refractivity contribution >= 4 is 0 Å². The predicted molar refractivity (Wildman–Crippen MR) is 53.4 cm³/mol. The molecule has 0 bridgehead atoms. The number of furan rings is 1. The number of nitrogens with zero attached hydrogens (tertiary/aromatic N) is 1. The van der Waals surface area contributed by atoms with Crippen molar-refractivity contribution in [1.82, 2.24) is 4.90 Å². The van der Waals surface area contributed by atoms with Gasteiger partial charge in [-0.05, 0) is 32.6 Å². The van der Waals surface area contributed by atoms with Crippen molar-refractivity contribution in [2.24, 2.45) is 5.73 Å². The number of hydrogen-bond donors (Lipinski definition) is 1. The molecule has 0 aliphatic heterocycles. The van der Waals surface area contributed by atoms with Crippen LogP contribution in [0, 0.1) is 0 Å². The summed E-state index contributed by atoms with van der Waals surface area (Å²) >= 11 is 0. The summed E-state index contributed by atoms with van der Waals surface area (Å²) in [5.74, 6) is 0.944. The molecule has 1 aromatic heterocycles. The molecule has 74 valence electrons. The summed E-state index contributed by atoms with van der Waals surface area (Å²) < 4.78 is 5.36. The van der Waals surface area contributed by atoms with Crippen molar-refractivity contribution in [2.45, 2.75) is 25.4 Å². The van der Waals surface area contributed by atoms with E-state index < -0.39 is 0 Å². The molecule has 2 unspecified atom stereocenters. The Morgan fingerprint density at radius 2 is 2.23 bits per heavy atom. The second-order valence-electron chi connectivity index (χ2n) is 3.50. The molecule has 1 aromatic rings. The molecule has 3 heteroatoms. The maximum absolute atomic E-state index is 6.01. The SMILES string of the molecule is CCC(N)C(c1ccco1)N(C)C. The van der Waals surface area contributed by atoms with Gasteiger partial charge in [-0.1, -0.05) is 6.92 Å². The van der Waals surface area contributed by atoms with Gasteiger partial charge in [0.2, 0.25) is 0 Å². The molecule has 3 nitrogen and oxygen atoms in total. The van der Waals surface area contributed by atoms with Crippen LogP contribution in [-0.2, 0) is 0 Å². The molecule has 0 radical (unpaired) electrons. The van der Waals surface area contributed by atoms with Crippen molar-refractivity contribution in [3.8, 4) is 0 Å². The Morgan fingerprint density at radius 3 is 2.62 bits per heavy atom. The first-order valence-electron chi connectivity index (χ1n) is 4.62. The third kappa shape index (κ3) is 2.32. The Bertz CT molecular complexity index is 231. The van der Waals surface area contributed by atoms with Crippen molar-refractivity contribution in [3.05, 3.63) is 24.2 Å². The monoisotopic (exact) mass is 182 g/mol. The van der Waals surface area contributed by atoms with Gasteiger partial charge in [0.05, 0.1) is 12.3 Å². The average molecular weight is 182 g/mol. The minimum Gasteiger partial charge on any atom is -0.468 e. The van der Waals surface area contributed by atoms with Gasteiger partial charge in [0.25, 0.3) is 0 Å². The van der Waals surface area contributed by atoms with Crippen molar-refractivity contribution in [3.63, 3.8) is 0 Å². The standard InChI is InChI=1S/C10H18N2O/c1-4-8(11)10(12(2)3)9-6-5-7-13-9/h5-8,10H,4,11H2,1-3H3. The molecule has 2 N–H and O–H groups in total. The fraction of sp³-hybridized carbons (Fsp3) is 0.600. The fourth-order valence-electron chi connectivity index (χ4n) is 1.53. The molecule has 13 heavy (non-hydrogen) atoms. The van der Waals surface area contributed by atoms with E-state index >= 15 is 0 Å². The average Bonchev–Trinajstić information content (AvgIpc) is 2.56. The molecule has 0 aliphatic rings. The van der Waals surface area contributed by atoms with Crippen LogP contribution < -0.4 is 5.73 Å². The largest absolute Gasteiger partial charge is 0.468 e. The number of rotatable bonds is 4. The van der Waals surface area contributed by atoms with E-state index in [1.807, 2.05) is 26.2 Å². The lowest BCUT2D eigenvalue weighted by molar-refractivity contribution is 0.219. The third-order valence-corrected chi connectivity index (χ3v) is 2.27. The van der Waals surface area contributed by atoms with E-state index in [1.54, 1.807) is 6.26 Å². The summed E-state index contributed by atoms with van der Waals surface area (Å²) in [6.07, 6.45) is 2.64. The number of hydrogen-bond acceptors (Lipinski definition) is 3. The molecular formula is C10H18N2O. The maximum Gasteiger partial charge on any atom is 0.122 e. The lowest BCUT2D eigenvalue weighted by Gasteiger charge is -2.27. The minimum atomic E-state index is 0.126. The Balaban J connectivity index is 2.80. The zero-order valence-electron chi connectivity index (χ0n) is 8.53. The Labute approximate surface area is 79.5 Å². The Morgan fingerprint density at radius 1 is 1.54 bits per heavy atom. The van der Waals surface area contributed by atoms with Crippen molar-refractivity contribution in [2.75, 3.05) is 14.1 Å². The van der Waals surface area contributed by atoms with E-state index in [9.17, 15) is 0 Å². The highest BCUT2D eigenvalue weighted by molar-refractivity contribution is 5.07. The third-order valence-electron chi connectivity index (χ3n) is 2.27. The number of likely N-dealkylation sites (N-methyl/N-ethyl adjacent to an activating group) is 1. The van der Waals surface area contributed by atoms with E-state index in [1.165, 1.54) is 0 Å². The lowest BCUT2D eigenvalue weighted by atomic mass is 10.0. The molecule has 2 atom stereocenters. The first-order valence-corrected chi connectivity index (χ1v) is 4.62. The summed E-state index contributed by atoms with van der Waals surface area (Å²) in [7, 11) is 4.03. The van der Waals surface area contributed by atoms with Crippen LogP contribution in [0.1, 0.15) is 25.1 Å². The first-order chi connectivity index (χ1) is 6.16. The van der Waals surface area contributed by atoms with Crippen LogP contribution in [0.15, 0.2) is 22.8 Å². The van der Waals surface area contributed by atoms with Crippen LogP contribution in [0.2, 0.25) is 0 Å². The van der Waals surface area contributed by atoms with Gasteiger partial charge in [-0.15, -0.1) is 0 Å². The molecular weight excluding hydrogens is 164 g/mol. The number of nitrogens with two attached hydrogens (primary N) is 1. The van der Waals surface area contributed by atoms with Gasteiger partial charge in [0, 0.05) is 6.04 Å². The maximum atomic E-state index is 6.01. The quantitative estimate of drug-likeness (QED) is 0.769. The van der Waals surface area contributed by atoms with Crippen molar-refractivity contribution < 1.29 is 4.42 Å². The highest BCUT2D eigenvalue weighted by Crippen LogP contribution is 2.22. The van der Waals surface area contributed by atoms with E-state index in [4.69, 9.17) is 10.2 Å². The molecule has 0 spiro atoms. The lowest BCUT2D eigenvalue weighted by Crippen LogP contribution is -2.36. The summed E-state index contributed by atoms with van der Waals surface area (Å²) in [5.41, 5.74) is 6.01. The van der Waals surface area contributed by atoms with Crippen LogP contribution in [-0.4, -0.2) is 25.0 Å². The van der Waals surface area contributed by atoms with Crippen LogP contribution in [0.5, 0.6) is 0 Å². The fourth-order valence-corrected chi connectivity index (χ4v) is 1.53. The topological polar surface area (TPSA) is 42.4 Å². The van der Waals surface area contributed by atoms with Gasteiger partial charge in [0.15, 0.2) is 0 Å². The van der Waals surface area contributed by atoms with E-state index in [0.29, 0.717) is 0 Å². The smallest absolute Gasteiger partial charge is 0.122 e. The van der Waals surface area contributed by atoms with Gasteiger partial charge in [0.1, 0.15) is 5.76 Å². The zero-order chi connectivity index (χ0) is 9.84. The summed E-state index contributed by atoms with van der Waals surface area (Å²) in [6.45, 7) is 2.09. The first kappa shape index (κ1) is 10.3. The Kier molecular flexibility index (Phi) is 3.51. The molecule has 0 saturated carbocycles. The van der Waals surface area contributed by atoms with Crippen LogP contribution >= 0.6 is 0 Å². The van der Waals surface area contributed by atoms with Gasteiger partial charge in [-0.25, -0.2) is 0 Å². The summed E-state index contributed by atoms with van der Waals surface area (Å²) in [4.78, 5) is 2.09. The van der Waals surface area contributed by atoms with Gasteiger partial charge in [-0.2, -0.15) is 0 Å². The summed E-state index contributed by atoms with van der Waals surface area (Å²) in [5, 5.41) is 0.